The van der Waals surface area contributed by atoms with Crippen molar-refractivity contribution < 1.29 is 13.9 Å². The van der Waals surface area contributed by atoms with Crippen LogP contribution in [0.25, 0.3) is 0 Å². The number of amides is 1. The molecule has 1 fully saturated rings. The van der Waals surface area contributed by atoms with Crippen LogP contribution in [-0.4, -0.2) is 11.8 Å². The first kappa shape index (κ1) is 19.5. The van der Waals surface area contributed by atoms with E-state index in [9.17, 15) is 9.18 Å². The first-order valence-corrected chi connectivity index (χ1v) is 10.1. The first-order valence-electron chi connectivity index (χ1n) is 9.58. The fourth-order valence-electron chi connectivity index (χ4n) is 3.72. The van der Waals surface area contributed by atoms with Gasteiger partial charge in [-0.1, -0.05) is 42.5 Å². The molecular formula is C24H21ClFNO2. The number of carbonyl (C=O) groups is 1. The molecule has 2 atom stereocenters. The summed E-state index contributed by atoms with van der Waals surface area (Å²) in [5.74, 6) is 0.712. The maximum atomic E-state index is 13.3. The van der Waals surface area contributed by atoms with E-state index >= 15 is 0 Å². The molecule has 0 bridgehead atoms. The zero-order chi connectivity index (χ0) is 20.2. The van der Waals surface area contributed by atoms with Gasteiger partial charge >= 0.3 is 0 Å². The zero-order valence-electron chi connectivity index (χ0n) is 15.8. The molecule has 0 radical (unpaired) electrons. The van der Waals surface area contributed by atoms with Gasteiger partial charge in [-0.15, -0.1) is 11.6 Å². The highest BCUT2D eigenvalue weighted by Gasteiger charge is 2.48. The Hall–Kier alpha value is -2.85. The number of β-lactam (4-membered cyclic amide) rings is 1. The standard InChI is InChI=1S/C24H21ClFNO2/c25-15-14-22-23(27(24(22)28)20-10-8-19(26)9-11-20)18-6-12-21(13-7-18)29-16-17-4-2-1-3-5-17/h1-13,22-23H,14-16H2. The van der Waals surface area contributed by atoms with Crippen LogP contribution in [0.4, 0.5) is 10.1 Å². The van der Waals surface area contributed by atoms with Gasteiger partial charge in [0.15, 0.2) is 0 Å². The molecule has 3 aromatic carbocycles. The quantitative estimate of drug-likeness (QED) is 0.368. The number of benzene rings is 3. The van der Waals surface area contributed by atoms with Crippen molar-refractivity contribution >= 4 is 23.2 Å². The first-order chi connectivity index (χ1) is 14.2. The van der Waals surface area contributed by atoms with E-state index in [1.54, 1.807) is 17.0 Å². The van der Waals surface area contributed by atoms with Crippen molar-refractivity contribution in [3.05, 3.63) is 95.8 Å². The monoisotopic (exact) mass is 409 g/mol. The van der Waals surface area contributed by atoms with Gasteiger partial charge in [-0.05, 0) is 53.9 Å². The Morgan fingerprint density at radius 3 is 2.28 bits per heavy atom. The largest absolute Gasteiger partial charge is 0.489 e. The molecule has 1 aliphatic heterocycles. The number of nitrogens with zero attached hydrogens (tertiary/aromatic N) is 1. The second-order valence-corrected chi connectivity index (χ2v) is 7.43. The molecule has 1 aliphatic rings. The Labute approximate surface area is 174 Å². The third-order valence-corrected chi connectivity index (χ3v) is 5.43. The molecule has 0 aliphatic carbocycles. The van der Waals surface area contributed by atoms with Crippen molar-refractivity contribution in [3.8, 4) is 5.75 Å². The fourth-order valence-corrected chi connectivity index (χ4v) is 3.96. The molecule has 1 amide bonds. The van der Waals surface area contributed by atoms with Gasteiger partial charge in [0.25, 0.3) is 0 Å². The molecule has 0 N–H and O–H groups in total. The number of rotatable bonds is 7. The van der Waals surface area contributed by atoms with E-state index in [0.29, 0.717) is 24.6 Å². The minimum Gasteiger partial charge on any atom is -0.489 e. The van der Waals surface area contributed by atoms with E-state index in [1.165, 1.54) is 12.1 Å². The number of hydrogen-bond donors (Lipinski definition) is 0. The molecule has 2 unspecified atom stereocenters. The maximum Gasteiger partial charge on any atom is 0.233 e. The van der Waals surface area contributed by atoms with Crippen molar-refractivity contribution in [1.29, 1.82) is 0 Å². The van der Waals surface area contributed by atoms with E-state index in [4.69, 9.17) is 16.3 Å². The maximum absolute atomic E-state index is 13.3. The number of carbonyl (C=O) groups excluding carboxylic acids is 1. The van der Waals surface area contributed by atoms with Crippen LogP contribution in [0.3, 0.4) is 0 Å². The molecule has 4 rings (SSSR count). The lowest BCUT2D eigenvalue weighted by Gasteiger charge is -2.47. The lowest BCUT2D eigenvalue weighted by Crippen LogP contribution is -2.55. The topological polar surface area (TPSA) is 29.5 Å². The van der Waals surface area contributed by atoms with E-state index in [2.05, 4.69) is 0 Å². The molecule has 0 aromatic heterocycles. The number of halogens is 2. The van der Waals surface area contributed by atoms with Crippen LogP contribution in [0, 0.1) is 11.7 Å². The van der Waals surface area contributed by atoms with Crippen molar-refractivity contribution in [1.82, 2.24) is 0 Å². The Morgan fingerprint density at radius 1 is 0.931 bits per heavy atom. The van der Waals surface area contributed by atoms with Crippen molar-refractivity contribution in [3.63, 3.8) is 0 Å². The highest BCUT2D eigenvalue weighted by atomic mass is 35.5. The second-order valence-electron chi connectivity index (χ2n) is 7.06. The van der Waals surface area contributed by atoms with E-state index in [0.717, 1.165) is 16.9 Å². The van der Waals surface area contributed by atoms with Gasteiger partial charge in [-0.3, -0.25) is 4.79 Å². The number of anilines is 1. The number of alkyl halides is 1. The molecule has 1 heterocycles. The van der Waals surface area contributed by atoms with Crippen LogP contribution in [-0.2, 0) is 11.4 Å². The van der Waals surface area contributed by atoms with Gasteiger partial charge < -0.3 is 9.64 Å². The molecule has 29 heavy (non-hydrogen) atoms. The van der Waals surface area contributed by atoms with Crippen molar-refractivity contribution in [2.24, 2.45) is 5.92 Å². The minimum atomic E-state index is -0.324. The predicted molar refractivity (Wildman–Crippen MR) is 113 cm³/mol. The molecular weight excluding hydrogens is 389 g/mol. The highest BCUT2D eigenvalue weighted by molar-refractivity contribution is 6.18. The van der Waals surface area contributed by atoms with E-state index in [1.807, 2.05) is 54.6 Å². The molecule has 0 spiro atoms. The summed E-state index contributed by atoms with van der Waals surface area (Å²) in [5, 5.41) is 0. The molecule has 148 valence electrons. The normalized spacial score (nSPS) is 18.4. The lowest BCUT2D eigenvalue weighted by atomic mass is 9.80. The summed E-state index contributed by atoms with van der Waals surface area (Å²) < 4.78 is 19.1. The summed E-state index contributed by atoms with van der Waals surface area (Å²) in [6, 6.07) is 23.7. The Morgan fingerprint density at radius 2 is 1.62 bits per heavy atom. The van der Waals surface area contributed by atoms with Crippen LogP contribution in [0.1, 0.15) is 23.6 Å². The summed E-state index contributed by atoms with van der Waals surface area (Å²) in [6.45, 7) is 0.499. The minimum absolute atomic E-state index is 0.0201. The smallest absolute Gasteiger partial charge is 0.233 e. The van der Waals surface area contributed by atoms with Gasteiger partial charge in [0.2, 0.25) is 5.91 Å². The van der Waals surface area contributed by atoms with Crippen LogP contribution in [0.2, 0.25) is 0 Å². The van der Waals surface area contributed by atoms with Gasteiger partial charge in [-0.2, -0.15) is 0 Å². The summed E-state index contributed by atoms with van der Waals surface area (Å²) in [5.41, 5.74) is 2.80. The van der Waals surface area contributed by atoms with E-state index in [-0.39, 0.29) is 23.7 Å². The summed E-state index contributed by atoms with van der Waals surface area (Å²) in [7, 11) is 0. The number of hydrogen-bond acceptors (Lipinski definition) is 2. The van der Waals surface area contributed by atoms with Crippen LogP contribution in [0.5, 0.6) is 5.75 Å². The molecule has 5 heteroatoms. The highest BCUT2D eigenvalue weighted by Crippen LogP contribution is 2.45. The Kier molecular flexibility index (Phi) is 5.81. The lowest BCUT2D eigenvalue weighted by molar-refractivity contribution is -0.130. The Bertz CT molecular complexity index is 960. The Balaban J connectivity index is 1.52. The average molecular weight is 410 g/mol. The van der Waals surface area contributed by atoms with Gasteiger partial charge in [0.05, 0.1) is 12.0 Å². The third-order valence-electron chi connectivity index (χ3n) is 5.21. The molecule has 0 saturated carbocycles. The van der Waals surface area contributed by atoms with Crippen molar-refractivity contribution in [2.75, 3.05) is 10.8 Å². The molecule has 1 saturated heterocycles. The van der Waals surface area contributed by atoms with Crippen LogP contribution in [0.15, 0.2) is 78.9 Å². The third kappa shape index (κ3) is 4.13. The van der Waals surface area contributed by atoms with Gasteiger partial charge in [0.1, 0.15) is 18.2 Å². The van der Waals surface area contributed by atoms with Crippen molar-refractivity contribution in [2.45, 2.75) is 19.1 Å². The van der Waals surface area contributed by atoms with Crippen LogP contribution < -0.4 is 9.64 Å². The molecule has 3 aromatic rings. The van der Waals surface area contributed by atoms with Gasteiger partial charge in [-0.25, -0.2) is 4.39 Å². The fraction of sp³-hybridized carbons (Fsp3) is 0.208. The van der Waals surface area contributed by atoms with E-state index < -0.39 is 0 Å². The summed E-state index contributed by atoms with van der Waals surface area (Å²) in [6.07, 6.45) is 0.606. The molecule has 3 nitrogen and oxygen atoms in total. The summed E-state index contributed by atoms with van der Waals surface area (Å²) in [4.78, 5) is 14.4. The number of ether oxygens (including phenoxy) is 1. The predicted octanol–water partition coefficient (Wildman–Crippen LogP) is 5.74. The van der Waals surface area contributed by atoms with Gasteiger partial charge in [0, 0.05) is 11.6 Å². The summed E-state index contributed by atoms with van der Waals surface area (Å²) >= 11 is 5.93. The SMILES string of the molecule is O=C1C(CCCl)C(c2ccc(OCc3ccccc3)cc2)N1c1ccc(F)cc1. The average Bonchev–Trinajstić information content (AvgIpc) is 2.76. The second kappa shape index (κ2) is 8.66. The van der Waals surface area contributed by atoms with Crippen LogP contribution >= 0.6 is 11.6 Å². The zero-order valence-corrected chi connectivity index (χ0v) is 16.6.